The summed E-state index contributed by atoms with van der Waals surface area (Å²) in [4.78, 5) is 8.83. The van der Waals surface area contributed by atoms with Crippen molar-refractivity contribution in [1.82, 2.24) is 9.97 Å². The Balaban J connectivity index is 0.00000176. The van der Waals surface area contributed by atoms with Crippen molar-refractivity contribution in [3.8, 4) is 11.1 Å². The van der Waals surface area contributed by atoms with Gasteiger partial charge in [0.1, 0.15) is 11.6 Å². The fourth-order valence-corrected chi connectivity index (χ4v) is 2.53. The molecule has 2 heterocycles. The number of rotatable bonds is 2. The second kappa shape index (κ2) is 6.28. The third-order valence-electron chi connectivity index (χ3n) is 3.55. The van der Waals surface area contributed by atoms with Gasteiger partial charge in [-0.25, -0.2) is 9.37 Å². The Morgan fingerprint density at radius 2 is 1.77 bits per heavy atom. The Morgan fingerprint density at radius 3 is 2.50 bits per heavy atom. The third-order valence-corrected chi connectivity index (χ3v) is 3.55. The van der Waals surface area contributed by atoms with Crippen LogP contribution in [-0.4, -0.2) is 9.97 Å². The van der Waals surface area contributed by atoms with E-state index in [1.165, 1.54) is 6.07 Å². The van der Waals surface area contributed by atoms with Crippen LogP contribution in [0.15, 0.2) is 36.4 Å². The van der Waals surface area contributed by atoms with Crippen molar-refractivity contribution in [3.63, 3.8) is 0 Å². The van der Waals surface area contributed by atoms with E-state index < -0.39 is 0 Å². The number of halogens is 2. The normalized spacial score (nSPS) is 10.5. The Kier molecular flexibility index (Phi) is 4.62. The summed E-state index contributed by atoms with van der Waals surface area (Å²) >= 11 is 0. The summed E-state index contributed by atoms with van der Waals surface area (Å²) in [6.07, 6.45) is 0.683. The van der Waals surface area contributed by atoms with Gasteiger partial charge in [0, 0.05) is 22.2 Å². The number of fused-ring (bicyclic) bond motifs is 1. The molecule has 0 aliphatic heterocycles. The molecule has 2 N–H and O–H groups in total. The Morgan fingerprint density at radius 1 is 1.05 bits per heavy atom. The largest absolute Gasteiger partial charge is 0.384 e. The maximum absolute atomic E-state index is 14.5. The topological polar surface area (TPSA) is 51.8 Å². The third kappa shape index (κ3) is 2.74. The predicted molar refractivity (Wildman–Crippen MR) is 90.7 cm³/mol. The molecule has 0 spiro atoms. The quantitative estimate of drug-likeness (QED) is 0.766. The number of aryl methyl sites for hydroxylation is 2. The Hall–Kier alpha value is -2.20. The zero-order valence-corrected chi connectivity index (χ0v) is 13.2. The van der Waals surface area contributed by atoms with Crippen molar-refractivity contribution in [1.29, 1.82) is 0 Å². The van der Waals surface area contributed by atoms with Crippen LogP contribution in [-0.2, 0) is 6.42 Å². The van der Waals surface area contributed by atoms with Crippen LogP contribution in [0.3, 0.4) is 0 Å². The van der Waals surface area contributed by atoms with E-state index in [1.807, 2.05) is 32.0 Å². The molecule has 0 amide bonds. The Labute approximate surface area is 134 Å². The second-order valence-corrected chi connectivity index (χ2v) is 5.03. The first-order valence-corrected chi connectivity index (χ1v) is 6.91. The Bertz CT molecular complexity index is 828. The van der Waals surface area contributed by atoms with Gasteiger partial charge in [-0.05, 0) is 43.7 Å². The summed E-state index contributed by atoms with van der Waals surface area (Å²) in [5.41, 5.74) is 9.30. The number of hydrogen-bond donors (Lipinski definition) is 1. The van der Waals surface area contributed by atoms with E-state index in [9.17, 15) is 4.39 Å². The summed E-state index contributed by atoms with van der Waals surface area (Å²) in [5.74, 6) is 0.155. The van der Waals surface area contributed by atoms with E-state index in [4.69, 9.17) is 5.73 Å². The van der Waals surface area contributed by atoms with Crippen molar-refractivity contribution in [2.24, 2.45) is 0 Å². The summed E-state index contributed by atoms with van der Waals surface area (Å²) in [6, 6.07) is 10.6. The minimum absolute atomic E-state index is 0. The fourth-order valence-electron chi connectivity index (χ4n) is 2.53. The number of aromatic nitrogens is 2. The molecule has 0 fully saturated rings. The highest BCUT2D eigenvalue weighted by Crippen LogP contribution is 2.32. The first-order valence-electron chi connectivity index (χ1n) is 6.91. The van der Waals surface area contributed by atoms with Gasteiger partial charge >= 0.3 is 0 Å². The van der Waals surface area contributed by atoms with Gasteiger partial charge in [0.15, 0.2) is 0 Å². The maximum atomic E-state index is 14.5. The molecule has 0 atom stereocenters. The van der Waals surface area contributed by atoms with Crippen LogP contribution in [0, 0.1) is 12.7 Å². The molecule has 2 aromatic heterocycles. The van der Waals surface area contributed by atoms with E-state index in [0.29, 0.717) is 23.3 Å². The van der Waals surface area contributed by atoms with Gasteiger partial charge in [-0.3, -0.25) is 4.98 Å². The molecule has 0 saturated heterocycles. The van der Waals surface area contributed by atoms with Crippen molar-refractivity contribution >= 4 is 29.1 Å². The molecule has 0 aliphatic carbocycles. The molecule has 0 aliphatic rings. The summed E-state index contributed by atoms with van der Waals surface area (Å²) in [7, 11) is 0. The molecule has 0 bridgehead atoms. The highest BCUT2D eigenvalue weighted by atomic mass is 35.5. The van der Waals surface area contributed by atoms with Crippen LogP contribution in [0.1, 0.15) is 18.3 Å². The van der Waals surface area contributed by atoms with Gasteiger partial charge in [0.05, 0.1) is 11.2 Å². The number of nitrogens with zero attached hydrogens (tertiary/aromatic N) is 2. The number of benzene rings is 1. The lowest BCUT2D eigenvalue weighted by Crippen LogP contribution is -2.00. The van der Waals surface area contributed by atoms with Crippen molar-refractivity contribution in [2.45, 2.75) is 20.3 Å². The molecular weight excluding hydrogens is 301 g/mol. The maximum Gasteiger partial charge on any atom is 0.133 e. The molecule has 1 aromatic carbocycles. The highest BCUT2D eigenvalue weighted by molar-refractivity contribution is 5.94. The molecule has 114 valence electrons. The summed E-state index contributed by atoms with van der Waals surface area (Å²) in [5, 5.41) is 0.913. The van der Waals surface area contributed by atoms with Crippen molar-refractivity contribution in [2.75, 3.05) is 5.73 Å². The van der Waals surface area contributed by atoms with Gasteiger partial charge in [-0.15, -0.1) is 12.4 Å². The molecule has 0 unspecified atom stereocenters. The minimum atomic E-state index is -0.290. The number of hydrogen-bond acceptors (Lipinski definition) is 3. The minimum Gasteiger partial charge on any atom is -0.384 e. The molecular formula is C17H17ClFN3. The first-order chi connectivity index (χ1) is 10.1. The number of nitrogens with two attached hydrogens (primary N) is 1. The lowest BCUT2D eigenvalue weighted by atomic mass is 9.98. The predicted octanol–water partition coefficient (Wildman–Crippen LogP) is 4.31. The van der Waals surface area contributed by atoms with Crippen molar-refractivity contribution in [3.05, 3.63) is 53.6 Å². The van der Waals surface area contributed by atoms with Gasteiger partial charge < -0.3 is 5.73 Å². The van der Waals surface area contributed by atoms with E-state index in [1.54, 1.807) is 12.1 Å². The highest BCUT2D eigenvalue weighted by Gasteiger charge is 2.15. The smallest absolute Gasteiger partial charge is 0.133 e. The number of nitrogen functional groups attached to an aromatic ring is 1. The van der Waals surface area contributed by atoms with Crippen LogP contribution >= 0.6 is 12.4 Å². The van der Waals surface area contributed by atoms with E-state index in [0.717, 1.165) is 22.3 Å². The number of anilines is 1. The average Bonchev–Trinajstić information content (AvgIpc) is 2.47. The molecule has 22 heavy (non-hydrogen) atoms. The van der Waals surface area contributed by atoms with Crippen LogP contribution in [0.25, 0.3) is 22.0 Å². The van der Waals surface area contributed by atoms with Crippen LogP contribution < -0.4 is 5.73 Å². The average molecular weight is 318 g/mol. The molecule has 3 aromatic rings. The fraction of sp³-hybridized carbons (Fsp3) is 0.176. The lowest BCUT2D eigenvalue weighted by molar-refractivity contribution is 0.632. The van der Waals surface area contributed by atoms with E-state index >= 15 is 0 Å². The van der Waals surface area contributed by atoms with E-state index in [2.05, 4.69) is 9.97 Å². The zero-order valence-electron chi connectivity index (χ0n) is 12.4. The van der Waals surface area contributed by atoms with Crippen LogP contribution in [0.5, 0.6) is 0 Å². The number of pyridine rings is 2. The molecule has 3 nitrogen and oxygen atoms in total. The monoisotopic (exact) mass is 317 g/mol. The van der Waals surface area contributed by atoms with Crippen LogP contribution in [0.2, 0.25) is 0 Å². The van der Waals surface area contributed by atoms with Gasteiger partial charge in [0.25, 0.3) is 0 Å². The summed E-state index contributed by atoms with van der Waals surface area (Å²) in [6.45, 7) is 3.88. The lowest BCUT2D eigenvalue weighted by Gasteiger charge is -2.12. The van der Waals surface area contributed by atoms with E-state index in [-0.39, 0.29) is 18.2 Å². The molecule has 0 radical (unpaired) electrons. The van der Waals surface area contributed by atoms with Crippen molar-refractivity contribution < 1.29 is 4.39 Å². The van der Waals surface area contributed by atoms with Crippen LogP contribution in [0.4, 0.5) is 10.2 Å². The standard InChI is InChI=1S/C17H16FN3.ClH/c1-3-14-12(7-9-15(19)21-14)16-13(18)8-6-11-5-4-10(2)20-17(11)16;/h4-9H,3H2,1-2H3,(H2,19,21);1H. The SMILES string of the molecule is CCc1nc(N)ccc1-c1c(F)ccc2ccc(C)nc12.Cl. The first kappa shape index (κ1) is 16.2. The zero-order chi connectivity index (χ0) is 15.0. The van der Waals surface area contributed by atoms with Gasteiger partial charge in [0.2, 0.25) is 0 Å². The van der Waals surface area contributed by atoms with Gasteiger partial charge in [-0.1, -0.05) is 13.0 Å². The summed E-state index contributed by atoms with van der Waals surface area (Å²) < 4.78 is 14.5. The molecule has 3 rings (SSSR count). The molecule has 0 saturated carbocycles. The van der Waals surface area contributed by atoms with Gasteiger partial charge in [-0.2, -0.15) is 0 Å². The molecule has 5 heteroatoms. The second-order valence-electron chi connectivity index (χ2n) is 5.03.